The van der Waals surface area contributed by atoms with E-state index in [-0.39, 0.29) is 49.6 Å². The van der Waals surface area contributed by atoms with E-state index in [0.717, 1.165) is 37.1 Å². The molecule has 6 heterocycles. The number of nitrogens with one attached hydrogen (secondary N) is 6. The van der Waals surface area contributed by atoms with E-state index < -0.39 is 48.6 Å². The van der Waals surface area contributed by atoms with Crippen LogP contribution in [0.25, 0.3) is 22.3 Å². The second-order valence-corrected chi connectivity index (χ2v) is 18.3. The Hall–Kier alpha value is -6.50. The lowest BCUT2D eigenvalue weighted by Gasteiger charge is -2.30. The van der Waals surface area contributed by atoms with Gasteiger partial charge in [0.25, 0.3) is 0 Å². The van der Waals surface area contributed by atoms with E-state index in [1.165, 1.54) is 0 Å². The van der Waals surface area contributed by atoms with Crippen LogP contribution < -0.4 is 31.9 Å². The molecule has 3 fully saturated rings. The summed E-state index contributed by atoms with van der Waals surface area (Å²) in [5, 5.41) is 64.0. The summed E-state index contributed by atoms with van der Waals surface area (Å²) in [5.41, 5.74) is 3.83. The first-order chi connectivity index (χ1) is 32.8. The summed E-state index contributed by atoms with van der Waals surface area (Å²) in [6, 6.07) is -2.41. The molecule has 0 saturated heterocycles. The maximum Gasteiger partial charge on any atom is 0.226 e. The molecule has 6 aromatic heterocycles. The number of nitrogens with zero attached hydrogens (tertiary/aromatic N) is 12. The van der Waals surface area contributed by atoms with Gasteiger partial charge in [0, 0.05) is 77.3 Å². The maximum absolute atomic E-state index is 12.3. The van der Waals surface area contributed by atoms with Gasteiger partial charge in [-0.1, -0.05) is 13.8 Å². The molecule has 0 radical (unpaired) electrons. The number of fused-ring (bicyclic) bond motifs is 2. The zero-order valence-corrected chi connectivity index (χ0v) is 38.7. The van der Waals surface area contributed by atoms with Crippen molar-refractivity contribution in [3.63, 3.8) is 0 Å². The van der Waals surface area contributed by atoms with Crippen LogP contribution in [0.5, 0.6) is 0 Å². The van der Waals surface area contributed by atoms with Crippen LogP contribution >= 0.6 is 0 Å². The average Bonchev–Trinajstić information content (AvgIpc) is 4.21. The summed E-state index contributed by atoms with van der Waals surface area (Å²) < 4.78 is 7.32. The predicted molar refractivity (Wildman–Crippen MR) is 251 cm³/mol. The highest BCUT2D eigenvalue weighted by atomic mass is 16.3. The van der Waals surface area contributed by atoms with Crippen molar-refractivity contribution in [3.05, 3.63) is 49.1 Å². The molecule has 2 amide bonds. The molecule has 24 heteroatoms. The van der Waals surface area contributed by atoms with E-state index in [1.807, 2.05) is 35.6 Å². The third kappa shape index (κ3) is 9.89. The lowest BCUT2D eigenvalue weighted by Crippen LogP contribution is -2.42. The fourth-order valence-corrected chi connectivity index (χ4v) is 9.72. The molecule has 10 N–H and O–H groups in total. The summed E-state index contributed by atoms with van der Waals surface area (Å²) >= 11 is 0. The van der Waals surface area contributed by atoms with Gasteiger partial charge in [-0.3, -0.25) is 9.59 Å². The van der Waals surface area contributed by atoms with Crippen molar-refractivity contribution in [2.45, 2.75) is 139 Å². The highest BCUT2D eigenvalue weighted by Gasteiger charge is 2.45. The first kappa shape index (κ1) is 46.6. The summed E-state index contributed by atoms with van der Waals surface area (Å²) in [6.45, 7) is 4.50. The second kappa shape index (κ2) is 20.0. The smallest absolute Gasteiger partial charge is 0.226 e. The Morgan fingerprint density at radius 1 is 0.588 bits per heavy atom. The molecule has 3 aliphatic carbocycles. The molecule has 0 spiro atoms. The molecule has 24 nitrogen and oxygen atoms in total. The van der Waals surface area contributed by atoms with E-state index in [0.29, 0.717) is 71.8 Å². The van der Waals surface area contributed by atoms with Gasteiger partial charge in [0.2, 0.25) is 23.7 Å². The van der Waals surface area contributed by atoms with Crippen LogP contribution in [0.15, 0.2) is 37.7 Å². The Labute approximate surface area is 391 Å². The lowest BCUT2D eigenvalue weighted by molar-refractivity contribution is -0.123. The number of hydrogen-bond donors (Lipinski definition) is 10. The maximum atomic E-state index is 12.3. The van der Waals surface area contributed by atoms with Gasteiger partial charge in [0.05, 0.1) is 60.9 Å². The zero-order valence-electron chi connectivity index (χ0n) is 38.7. The Kier molecular flexibility index (Phi) is 13.7. The number of carbonyl (C=O) groups excluding carboxylic acids is 2. The number of hydrogen-bond acceptors (Lipinski definition) is 18. The number of aryl methyl sites for hydroxylation is 2. The molecule has 68 heavy (non-hydrogen) atoms. The molecule has 3 aliphatic rings. The fourth-order valence-electron chi connectivity index (χ4n) is 9.72. The quantitative estimate of drug-likeness (QED) is 0.0567. The van der Waals surface area contributed by atoms with Crippen molar-refractivity contribution in [1.82, 2.24) is 68.8 Å². The number of aromatic nitrogens is 12. The summed E-state index contributed by atoms with van der Waals surface area (Å²) in [4.78, 5) is 62.4. The lowest BCUT2D eigenvalue weighted by atomic mass is 9.91. The molecule has 0 unspecified atom stereocenters. The minimum Gasteiger partial charge on any atom is -0.388 e. The van der Waals surface area contributed by atoms with Crippen LogP contribution in [0.4, 0.5) is 23.5 Å². The third-order valence-electron chi connectivity index (χ3n) is 13.5. The molecule has 6 aromatic rings. The van der Waals surface area contributed by atoms with Crippen LogP contribution in [0.3, 0.4) is 0 Å². The molecule has 0 bridgehead atoms. The topological polar surface area (TPSA) is 310 Å². The third-order valence-corrected chi connectivity index (χ3v) is 13.5. The van der Waals surface area contributed by atoms with Crippen LogP contribution in [-0.2, 0) is 36.5 Å². The predicted octanol–water partition coefficient (Wildman–Crippen LogP) is 0.700. The Morgan fingerprint density at radius 3 is 1.37 bits per heavy atom. The van der Waals surface area contributed by atoms with Gasteiger partial charge in [-0.15, -0.1) is 0 Å². The summed E-state index contributed by atoms with van der Waals surface area (Å²) in [6.07, 6.45) is 11.5. The van der Waals surface area contributed by atoms with Gasteiger partial charge in [-0.2, -0.15) is 19.9 Å². The van der Waals surface area contributed by atoms with Crippen molar-refractivity contribution in [3.8, 4) is 0 Å². The van der Waals surface area contributed by atoms with E-state index in [2.05, 4.69) is 41.9 Å². The first-order valence-corrected chi connectivity index (χ1v) is 23.6. The molecule has 3 saturated carbocycles. The van der Waals surface area contributed by atoms with E-state index in [4.69, 9.17) is 29.9 Å². The Bertz CT molecular complexity index is 2530. The molecule has 0 aliphatic heterocycles. The van der Waals surface area contributed by atoms with E-state index in [9.17, 15) is 30.0 Å². The first-order valence-electron chi connectivity index (χ1n) is 23.6. The van der Waals surface area contributed by atoms with Gasteiger partial charge in [-0.05, 0) is 38.5 Å². The van der Waals surface area contributed by atoms with Crippen LogP contribution in [0.2, 0.25) is 0 Å². The molecule has 8 atom stereocenters. The van der Waals surface area contributed by atoms with Gasteiger partial charge in [0.1, 0.15) is 24.4 Å². The average molecular weight is 939 g/mol. The SMILES string of the molecule is CCC(=O)N[C@H]1C[C@@H](n2cnc3c(NC4CCC(Nc5nc(NCCc6cn(C)cn6)nc6c5ncn6[C@@H]5C[C@H](NC(=O)CC)[C@@H](O)[C@H]5O)CC4)nc(NCCc4cn(C)cn4)nc32)[C@H](O)[C@@H]1O. The van der Waals surface area contributed by atoms with Crippen molar-refractivity contribution in [1.29, 1.82) is 0 Å². The number of amides is 2. The number of aliphatic hydroxyl groups is 4. The van der Waals surface area contributed by atoms with Crippen molar-refractivity contribution in [2.24, 2.45) is 14.1 Å². The monoisotopic (exact) mass is 939 g/mol. The van der Waals surface area contributed by atoms with E-state index >= 15 is 0 Å². The minimum absolute atomic E-state index is 0.0232. The van der Waals surface area contributed by atoms with Gasteiger partial charge < -0.3 is 70.6 Å². The number of rotatable bonds is 18. The molecular formula is C44H62N18O6. The highest BCUT2D eigenvalue weighted by Crippen LogP contribution is 2.37. The van der Waals surface area contributed by atoms with Crippen molar-refractivity contribution >= 4 is 57.7 Å². The summed E-state index contributed by atoms with van der Waals surface area (Å²) in [7, 11) is 3.84. The highest BCUT2D eigenvalue weighted by molar-refractivity contribution is 5.86. The number of anilines is 4. The van der Waals surface area contributed by atoms with Crippen LogP contribution in [-0.4, -0.2) is 152 Å². The largest absolute Gasteiger partial charge is 0.388 e. The molecule has 9 rings (SSSR count). The number of imidazole rings is 4. The van der Waals surface area contributed by atoms with E-state index in [1.54, 1.807) is 48.3 Å². The Balaban J connectivity index is 0.926. The number of carbonyl (C=O) groups is 2. The Morgan fingerprint density at radius 2 is 1.00 bits per heavy atom. The molecule has 0 aromatic carbocycles. The van der Waals surface area contributed by atoms with Gasteiger partial charge in [0.15, 0.2) is 34.0 Å². The number of aliphatic hydroxyl groups excluding tert-OH is 4. The van der Waals surface area contributed by atoms with Gasteiger partial charge in [-0.25, -0.2) is 19.9 Å². The second-order valence-electron chi connectivity index (χ2n) is 18.3. The summed E-state index contributed by atoms with van der Waals surface area (Å²) in [5.74, 6) is 1.40. The molecule has 364 valence electrons. The van der Waals surface area contributed by atoms with Gasteiger partial charge >= 0.3 is 0 Å². The standard InChI is InChI=1S/C44H62N18O6/c1-5-31(63)53-27-15-29(37(67)35(27)65)61-21-49-33-39(55-43(57-41(33)61)45-13-11-25-17-59(3)19-47-25)51-23-7-9-24(10-8-23)52-40-34-42(58-44(56-40)46-14-12-26-18-60(4)20-48-26)62(22-50-34)30-16-28(36(66)38(30)68)54-32(64)6-2/h17-24,27-30,35-38,65-68H,5-16H2,1-4H3,(H,53,63)(H,54,64)(H2,45,51,55,57)(H2,46,52,56,58)/t23?,24?,27-,28-,29+,30+,35+,36+,37-,38-/m0/s1. The van der Waals surface area contributed by atoms with Crippen molar-refractivity contribution in [2.75, 3.05) is 34.4 Å². The van der Waals surface area contributed by atoms with Crippen LogP contribution in [0.1, 0.15) is 88.7 Å². The molecular weight excluding hydrogens is 877 g/mol. The zero-order chi connectivity index (χ0) is 47.6. The minimum atomic E-state index is -1.16. The normalized spacial score (nSPS) is 26.1. The van der Waals surface area contributed by atoms with Crippen LogP contribution in [0, 0.1) is 0 Å². The van der Waals surface area contributed by atoms with Crippen molar-refractivity contribution < 1.29 is 30.0 Å². The fraction of sp³-hybridized carbons (Fsp3) is 0.591.